The zero-order valence-electron chi connectivity index (χ0n) is 10.1. The lowest BCUT2D eigenvalue weighted by Crippen LogP contribution is -2.40. The lowest BCUT2D eigenvalue weighted by atomic mass is 10.1. The summed E-state index contributed by atoms with van der Waals surface area (Å²) < 4.78 is 0. The number of fused-ring (bicyclic) bond motifs is 1. The Morgan fingerprint density at radius 2 is 2.18 bits per heavy atom. The summed E-state index contributed by atoms with van der Waals surface area (Å²) in [5.74, 6) is 0.163. The number of nitrogens with one attached hydrogen (secondary N) is 1. The number of anilines is 1. The van der Waals surface area contributed by atoms with Gasteiger partial charge in [0.25, 0.3) is 0 Å². The molecule has 1 saturated carbocycles. The van der Waals surface area contributed by atoms with Crippen molar-refractivity contribution in [3.8, 4) is 0 Å². The summed E-state index contributed by atoms with van der Waals surface area (Å²) in [6, 6.07) is 9.27. The highest BCUT2D eigenvalue weighted by molar-refractivity contribution is 5.83. The van der Waals surface area contributed by atoms with Gasteiger partial charge in [0, 0.05) is 17.8 Å². The number of carbonyl (C=O) groups excluding carboxylic acids is 1. The number of hydrogen-bond donors (Lipinski definition) is 1. The van der Waals surface area contributed by atoms with Crippen LogP contribution in [-0.2, 0) is 11.2 Å². The van der Waals surface area contributed by atoms with Gasteiger partial charge in [-0.3, -0.25) is 4.79 Å². The Morgan fingerprint density at radius 1 is 1.41 bits per heavy atom. The SMILES string of the molecule is CC1Cc2ccccc2N1CC(=O)NC1CC1. The van der Waals surface area contributed by atoms with Crippen LogP contribution in [0.15, 0.2) is 24.3 Å². The molecule has 3 nitrogen and oxygen atoms in total. The van der Waals surface area contributed by atoms with Crippen molar-refractivity contribution < 1.29 is 4.79 Å². The molecular weight excluding hydrogens is 212 g/mol. The van der Waals surface area contributed by atoms with E-state index in [4.69, 9.17) is 0 Å². The lowest BCUT2D eigenvalue weighted by Gasteiger charge is -2.24. The molecule has 3 heteroatoms. The molecule has 1 N–H and O–H groups in total. The fraction of sp³-hybridized carbons (Fsp3) is 0.500. The molecule has 0 saturated heterocycles. The first-order valence-electron chi connectivity index (χ1n) is 6.38. The Labute approximate surface area is 102 Å². The fourth-order valence-corrected chi connectivity index (χ4v) is 2.53. The normalized spacial score (nSPS) is 22.4. The maximum Gasteiger partial charge on any atom is 0.239 e. The van der Waals surface area contributed by atoms with Crippen molar-refractivity contribution in [1.82, 2.24) is 5.32 Å². The van der Waals surface area contributed by atoms with E-state index in [1.807, 2.05) is 6.07 Å². The van der Waals surface area contributed by atoms with E-state index in [-0.39, 0.29) is 5.91 Å². The quantitative estimate of drug-likeness (QED) is 0.857. The molecule has 0 aromatic heterocycles. The van der Waals surface area contributed by atoms with Gasteiger partial charge in [0.1, 0.15) is 0 Å². The molecule has 1 aromatic carbocycles. The molecule has 3 rings (SSSR count). The zero-order valence-corrected chi connectivity index (χ0v) is 10.1. The minimum Gasteiger partial charge on any atom is -0.359 e. The molecule has 0 spiro atoms. The van der Waals surface area contributed by atoms with Gasteiger partial charge < -0.3 is 10.2 Å². The Kier molecular flexibility index (Phi) is 2.54. The van der Waals surface area contributed by atoms with E-state index in [0.29, 0.717) is 18.6 Å². The number of rotatable bonds is 3. The van der Waals surface area contributed by atoms with Crippen LogP contribution >= 0.6 is 0 Å². The van der Waals surface area contributed by atoms with Crippen LogP contribution in [0.3, 0.4) is 0 Å². The molecule has 1 atom stereocenters. The fourth-order valence-electron chi connectivity index (χ4n) is 2.53. The molecule has 2 aliphatic rings. The van der Waals surface area contributed by atoms with Gasteiger partial charge in [0.05, 0.1) is 6.54 Å². The molecule has 0 bridgehead atoms. The minimum atomic E-state index is 0.163. The molecule has 1 amide bonds. The highest BCUT2D eigenvalue weighted by atomic mass is 16.2. The van der Waals surface area contributed by atoms with Crippen LogP contribution in [0.25, 0.3) is 0 Å². The van der Waals surface area contributed by atoms with E-state index in [2.05, 4.69) is 35.3 Å². The number of carbonyl (C=O) groups is 1. The second kappa shape index (κ2) is 4.06. The van der Waals surface area contributed by atoms with Gasteiger partial charge in [0.2, 0.25) is 5.91 Å². The third kappa shape index (κ3) is 2.14. The Bertz CT molecular complexity index is 440. The first-order chi connectivity index (χ1) is 8.24. The van der Waals surface area contributed by atoms with Crippen molar-refractivity contribution in [1.29, 1.82) is 0 Å². The summed E-state index contributed by atoms with van der Waals surface area (Å²) in [7, 11) is 0. The number of nitrogens with zero attached hydrogens (tertiary/aromatic N) is 1. The van der Waals surface area contributed by atoms with Gasteiger partial charge in [-0.25, -0.2) is 0 Å². The topological polar surface area (TPSA) is 32.3 Å². The standard InChI is InChI=1S/C14H18N2O/c1-10-8-11-4-2-3-5-13(11)16(10)9-14(17)15-12-6-7-12/h2-5,10,12H,6-9H2,1H3,(H,15,17). The van der Waals surface area contributed by atoms with E-state index in [0.717, 1.165) is 19.3 Å². The van der Waals surface area contributed by atoms with E-state index < -0.39 is 0 Å². The number of hydrogen-bond acceptors (Lipinski definition) is 2. The molecule has 1 heterocycles. The predicted octanol–water partition coefficient (Wildman–Crippen LogP) is 1.72. The molecule has 0 radical (unpaired) electrons. The summed E-state index contributed by atoms with van der Waals surface area (Å²) in [5, 5.41) is 3.05. The third-order valence-corrected chi connectivity index (χ3v) is 3.60. The van der Waals surface area contributed by atoms with Crippen LogP contribution in [0.4, 0.5) is 5.69 Å². The average Bonchev–Trinajstić information content (AvgIpc) is 3.05. The van der Waals surface area contributed by atoms with Crippen LogP contribution in [0.5, 0.6) is 0 Å². The van der Waals surface area contributed by atoms with Crippen LogP contribution in [0.1, 0.15) is 25.3 Å². The molecule has 90 valence electrons. The van der Waals surface area contributed by atoms with Gasteiger partial charge in [0.15, 0.2) is 0 Å². The second-order valence-electron chi connectivity index (χ2n) is 5.15. The number of para-hydroxylation sites is 1. The van der Waals surface area contributed by atoms with Gasteiger partial charge in [-0.05, 0) is 37.8 Å². The van der Waals surface area contributed by atoms with Crippen molar-refractivity contribution in [3.63, 3.8) is 0 Å². The largest absolute Gasteiger partial charge is 0.359 e. The highest BCUT2D eigenvalue weighted by Crippen LogP contribution is 2.31. The van der Waals surface area contributed by atoms with E-state index in [1.54, 1.807) is 0 Å². The summed E-state index contributed by atoms with van der Waals surface area (Å²) >= 11 is 0. The summed E-state index contributed by atoms with van der Waals surface area (Å²) in [4.78, 5) is 14.1. The first-order valence-corrected chi connectivity index (χ1v) is 6.38. The second-order valence-corrected chi connectivity index (χ2v) is 5.15. The Hall–Kier alpha value is -1.51. The van der Waals surface area contributed by atoms with Crippen LogP contribution in [-0.4, -0.2) is 24.5 Å². The van der Waals surface area contributed by atoms with Crippen molar-refractivity contribution >= 4 is 11.6 Å². The van der Waals surface area contributed by atoms with Crippen LogP contribution in [0.2, 0.25) is 0 Å². The minimum absolute atomic E-state index is 0.163. The number of benzene rings is 1. The van der Waals surface area contributed by atoms with Crippen molar-refractivity contribution in [2.24, 2.45) is 0 Å². The molecule has 1 aliphatic carbocycles. The third-order valence-electron chi connectivity index (χ3n) is 3.60. The molecule has 17 heavy (non-hydrogen) atoms. The first kappa shape index (κ1) is 10.6. The monoisotopic (exact) mass is 230 g/mol. The number of amides is 1. The van der Waals surface area contributed by atoms with Gasteiger partial charge in [-0.2, -0.15) is 0 Å². The Morgan fingerprint density at radius 3 is 2.94 bits per heavy atom. The van der Waals surface area contributed by atoms with Gasteiger partial charge in [-0.15, -0.1) is 0 Å². The highest BCUT2D eigenvalue weighted by Gasteiger charge is 2.29. The van der Waals surface area contributed by atoms with Crippen molar-refractivity contribution in [2.45, 2.75) is 38.3 Å². The molecule has 1 fully saturated rings. The molecular formula is C14H18N2O. The van der Waals surface area contributed by atoms with Crippen LogP contribution in [0, 0.1) is 0 Å². The molecule has 1 aromatic rings. The van der Waals surface area contributed by atoms with Gasteiger partial charge in [-0.1, -0.05) is 18.2 Å². The molecule has 1 aliphatic heterocycles. The van der Waals surface area contributed by atoms with E-state index >= 15 is 0 Å². The van der Waals surface area contributed by atoms with Crippen molar-refractivity contribution in [2.75, 3.05) is 11.4 Å². The summed E-state index contributed by atoms with van der Waals surface area (Å²) in [6.07, 6.45) is 3.35. The van der Waals surface area contributed by atoms with Gasteiger partial charge >= 0.3 is 0 Å². The van der Waals surface area contributed by atoms with Crippen molar-refractivity contribution in [3.05, 3.63) is 29.8 Å². The molecule has 1 unspecified atom stereocenters. The maximum absolute atomic E-state index is 11.9. The average molecular weight is 230 g/mol. The maximum atomic E-state index is 11.9. The van der Waals surface area contributed by atoms with E-state index in [9.17, 15) is 4.79 Å². The van der Waals surface area contributed by atoms with E-state index in [1.165, 1.54) is 11.3 Å². The lowest BCUT2D eigenvalue weighted by molar-refractivity contribution is -0.119. The van der Waals surface area contributed by atoms with Crippen LogP contribution < -0.4 is 10.2 Å². The predicted molar refractivity (Wildman–Crippen MR) is 68.1 cm³/mol. The summed E-state index contributed by atoms with van der Waals surface area (Å²) in [6.45, 7) is 2.68. The smallest absolute Gasteiger partial charge is 0.239 e. The summed E-state index contributed by atoms with van der Waals surface area (Å²) in [5.41, 5.74) is 2.59. The zero-order chi connectivity index (χ0) is 11.8. The Balaban J connectivity index is 1.71.